The molecule has 118 valence electrons. The molecule has 0 saturated heterocycles. The number of aromatic nitrogens is 3. The highest BCUT2D eigenvalue weighted by Crippen LogP contribution is 2.30. The monoisotopic (exact) mass is 334 g/mol. The second-order valence-corrected chi connectivity index (χ2v) is 6.16. The average molecular weight is 335 g/mol. The Morgan fingerprint density at radius 3 is 2.21 bits per heavy atom. The van der Waals surface area contributed by atoms with Gasteiger partial charge < -0.3 is 5.73 Å². The highest BCUT2D eigenvalue weighted by molar-refractivity contribution is 6.30. The molecule has 24 heavy (non-hydrogen) atoms. The third-order valence-electron chi connectivity index (χ3n) is 4.08. The minimum Gasteiger partial charge on any atom is -0.383 e. The molecule has 0 spiro atoms. The van der Waals surface area contributed by atoms with Crippen molar-refractivity contribution in [1.82, 2.24) is 14.6 Å². The number of halogens is 1. The summed E-state index contributed by atoms with van der Waals surface area (Å²) in [6.45, 7) is 2.06. The van der Waals surface area contributed by atoms with E-state index in [-0.39, 0.29) is 0 Å². The van der Waals surface area contributed by atoms with Crippen LogP contribution in [0.1, 0.15) is 5.56 Å². The Hall–Kier alpha value is -2.85. The van der Waals surface area contributed by atoms with Crippen LogP contribution in [0.25, 0.3) is 27.9 Å². The van der Waals surface area contributed by atoms with E-state index in [0.29, 0.717) is 10.8 Å². The van der Waals surface area contributed by atoms with Crippen molar-refractivity contribution < 1.29 is 0 Å². The minimum atomic E-state index is 0.556. The molecule has 2 heterocycles. The molecular formula is C19H15ClN4. The number of aryl methyl sites for hydroxylation is 1. The van der Waals surface area contributed by atoms with Crippen LogP contribution in [0, 0.1) is 6.92 Å². The average Bonchev–Trinajstić information content (AvgIpc) is 3.02. The van der Waals surface area contributed by atoms with Crippen molar-refractivity contribution in [1.29, 1.82) is 0 Å². The standard InChI is InChI=1S/C19H15ClN4/c1-12-2-4-14(5-3-12)17-11-23-24-18(21)16(10-22-19(17)24)13-6-8-15(20)9-7-13/h2-11H,21H2,1H3. The van der Waals surface area contributed by atoms with Crippen LogP contribution in [0.4, 0.5) is 5.82 Å². The van der Waals surface area contributed by atoms with Crippen LogP contribution in [0.15, 0.2) is 60.9 Å². The number of fused-ring (bicyclic) bond motifs is 1. The van der Waals surface area contributed by atoms with Gasteiger partial charge in [0.25, 0.3) is 0 Å². The van der Waals surface area contributed by atoms with Crippen LogP contribution >= 0.6 is 11.6 Å². The van der Waals surface area contributed by atoms with Gasteiger partial charge in [-0.15, -0.1) is 0 Å². The summed E-state index contributed by atoms with van der Waals surface area (Å²) >= 11 is 5.95. The molecule has 4 nitrogen and oxygen atoms in total. The Bertz CT molecular complexity index is 1020. The smallest absolute Gasteiger partial charge is 0.165 e. The van der Waals surface area contributed by atoms with E-state index < -0.39 is 0 Å². The highest BCUT2D eigenvalue weighted by Gasteiger charge is 2.13. The van der Waals surface area contributed by atoms with Crippen molar-refractivity contribution in [2.75, 3.05) is 5.73 Å². The second-order valence-electron chi connectivity index (χ2n) is 5.72. The zero-order valence-corrected chi connectivity index (χ0v) is 13.8. The normalized spacial score (nSPS) is 11.1. The van der Waals surface area contributed by atoms with Crippen molar-refractivity contribution in [2.24, 2.45) is 0 Å². The van der Waals surface area contributed by atoms with E-state index in [9.17, 15) is 0 Å². The first-order valence-corrected chi connectivity index (χ1v) is 7.96. The van der Waals surface area contributed by atoms with Crippen molar-refractivity contribution >= 4 is 23.1 Å². The molecule has 0 aliphatic heterocycles. The van der Waals surface area contributed by atoms with E-state index in [1.54, 1.807) is 16.9 Å². The largest absolute Gasteiger partial charge is 0.383 e. The fourth-order valence-electron chi connectivity index (χ4n) is 2.74. The number of benzene rings is 2. The molecule has 2 aromatic carbocycles. The lowest BCUT2D eigenvalue weighted by Gasteiger charge is -2.08. The van der Waals surface area contributed by atoms with Gasteiger partial charge in [-0.3, -0.25) is 0 Å². The van der Waals surface area contributed by atoms with Crippen LogP contribution in [0.3, 0.4) is 0 Å². The molecule has 0 aliphatic carbocycles. The van der Waals surface area contributed by atoms with Gasteiger partial charge in [-0.1, -0.05) is 53.6 Å². The quantitative estimate of drug-likeness (QED) is 0.582. The summed E-state index contributed by atoms with van der Waals surface area (Å²) in [7, 11) is 0. The predicted molar refractivity (Wildman–Crippen MR) is 98.0 cm³/mol. The summed E-state index contributed by atoms with van der Waals surface area (Å²) < 4.78 is 1.68. The topological polar surface area (TPSA) is 56.2 Å². The predicted octanol–water partition coefficient (Wildman–Crippen LogP) is 4.61. The summed E-state index contributed by atoms with van der Waals surface area (Å²) in [5.41, 5.74) is 12.1. The molecule has 0 atom stereocenters. The lowest BCUT2D eigenvalue weighted by molar-refractivity contribution is 0.954. The van der Waals surface area contributed by atoms with Crippen LogP contribution in [-0.4, -0.2) is 14.6 Å². The molecule has 2 N–H and O–H groups in total. The lowest BCUT2D eigenvalue weighted by Crippen LogP contribution is -2.02. The number of anilines is 1. The van der Waals surface area contributed by atoms with Crippen molar-refractivity contribution in [3.63, 3.8) is 0 Å². The van der Waals surface area contributed by atoms with Crippen molar-refractivity contribution in [3.8, 4) is 22.3 Å². The molecule has 0 aliphatic rings. The van der Waals surface area contributed by atoms with Gasteiger partial charge in [0.1, 0.15) is 5.82 Å². The lowest BCUT2D eigenvalue weighted by atomic mass is 10.1. The number of hydrogen-bond donors (Lipinski definition) is 1. The van der Waals surface area contributed by atoms with E-state index in [2.05, 4.69) is 41.3 Å². The third-order valence-corrected chi connectivity index (χ3v) is 4.33. The first kappa shape index (κ1) is 14.7. The molecule has 0 bridgehead atoms. The van der Waals surface area contributed by atoms with E-state index in [1.807, 2.05) is 24.3 Å². The highest BCUT2D eigenvalue weighted by atomic mass is 35.5. The van der Waals surface area contributed by atoms with E-state index >= 15 is 0 Å². The number of hydrogen-bond acceptors (Lipinski definition) is 3. The van der Waals surface area contributed by atoms with Gasteiger partial charge in [-0.2, -0.15) is 9.61 Å². The maximum absolute atomic E-state index is 6.33. The Balaban J connectivity index is 1.86. The zero-order valence-electron chi connectivity index (χ0n) is 13.1. The summed E-state index contributed by atoms with van der Waals surface area (Å²) in [6, 6.07) is 15.8. The van der Waals surface area contributed by atoms with E-state index in [1.165, 1.54) is 5.56 Å². The van der Waals surface area contributed by atoms with Crippen LogP contribution in [0.5, 0.6) is 0 Å². The van der Waals surface area contributed by atoms with Gasteiger partial charge in [0, 0.05) is 22.3 Å². The van der Waals surface area contributed by atoms with Crippen LogP contribution in [-0.2, 0) is 0 Å². The van der Waals surface area contributed by atoms with Gasteiger partial charge in [-0.05, 0) is 30.2 Å². The van der Waals surface area contributed by atoms with Crippen LogP contribution < -0.4 is 5.73 Å². The Morgan fingerprint density at radius 1 is 0.875 bits per heavy atom. The Kier molecular flexibility index (Phi) is 3.47. The molecule has 0 amide bonds. The maximum atomic E-state index is 6.33. The van der Waals surface area contributed by atoms with E-state index in [4.69, 9.17) is 17.3 Å². The summed E-state index contributed by atoms with van der Waals surface area (Å²) in [6.07, 6.45) is 3.59. The maximum Gasteiger partial charge on any atom is 0.165 e. The molecule has 0 fully saturated rings. The van der Waals surface area contributed by atoms with Crippen molar-refractivity contribution in [2.45, 2.75) is 6.92 Å². The van der Waals surface area contributed by atoms with Gasteiger partial charge >= 0.3 is 0 Å². The van der Waals surface area contributed by atoms with Crippen molar-refractivity contribution in [3.05, 3.63) is 71.5 Å². The first-order chi connectivity index (χ1) is 11.6. The SMILES string of the molecule is Cc1ccc(-c2cnn3c(N)c(-c4ccc(Cl)cc4)cnc23)cc1. The van der Waals surface area contributed by atoms with Gasteiger partial charge in [0.2, 0.25) is 0 Å². The minimum absolute atomic E-state index is 0.556. The zero-order chi connectivity index (χ0) is 16.7. The number of nitrogens with two attached hydrogens (primary N) is 1. The molecule has 4 aromatic rings. The summed E-state index contributed by atoms with van der Waals surface area (Å²) in [5, 5.41) is 5.11. The molecule has 4 rings (SSSR count). The molecular weight excluding hydrogens is 320 g/mol. The Morgan fingerprint density at radius 2 is 1.50 bits per heavy atom. The molecule has 0 saturated carbocycles. The summed E-state index contributed by atoms with van der Waals surface area (Å²) in [4.78, 5) is 4.59. The molecule has 2 aromatic heterocycles. The van der Waals surface area contributed by atoms with Gasteiger partial charge in [-0.25, -0.2) is 4.98 Å². The second kappa shape index (κ2) is 5.65. The van der Waals surface area contributed by atoms with Gasteiger partial charge in [0.05, 0.1) is 6.20 Å². The molecule has 5 heteroatoms. The molecule has 0 unspecified atom stereocenters. The number of nitrogen functional groups attached to an aromatic ring is 1. The fraction of sp³-hybridized carbons (Fsp3) is 0.0526. The fourth-order valence-corrected chi connectivity index (χ4v) is 2.86. The number of rotatable bonds is 2. The summed E-state index contributed by atoms with van der Waals surface area (Å²) in [5.74, 6) is 0.556. The number of nitrogens with zero attached hydrogens (tertiary/aromatic N) is 3. The third kappa shape index (κ3) is 2.41. The van der Waals surface area contributed by atoms with Gasteiger partial charge in [0.15, 0.2) is 5.65 Å². The molecule has 0 radical (unpaired) electrons. The Labute approximate surface area is 144 Å². The first-order valence-electron chi connectivity index (χ1n) is 7.58. The van der Waals surface area contributed by atoms with E-state index in [0.717, 1.165) is 27.9 Å². The van der Waals surface area contributed by atoms with Crippen LogP contribution in [0.2, 0.25) is 5.02 Å².